The largest absolute Gasteiger partial charge is 0.392 e. The van der Waals surface area contributed by atoms with Crippen LogP contribution in [0.4, 0.5) is 0 Å². The van der Waals surface area contributed by atoms with Gasteiger partial charge >= 0.3 is 0 Å². The molecule has 116 valence electrons. The van der Waals surface area contributed by atoms with Gasteiger partial charge in [-0.05, 0) is 61.0 Å². The van der Waals surface area contributed by atoms with Gasteiger partial charge in [0.1, 0.15) is 0 Å². The molecule has 2 bridgehead atoms. The minimum Gasteiger partial charge on any atom is -0.392 e. The van der Waals surface area contributed by atoms with E-state index in [0.717, 1.165) is 24.8 Å². The smallest absolute Gasteiger partial charge is 0.0667 e. The van der Waals surface area contributed by atoms with Crippen LogP contribution in [0.2, 0.25) is 0 Å². The third-order valence-electron chi connectivity index (χ3n) is 5.34. The van der Waals surface area contributed by atoms with Crippen molar-refractivity contribution in [3.8, 4) is 0 Å². The van der Waals surface area contributed by atoms with Crippen LogP contribution in [-0.2, 0) is 12.8 Å². The summed E-state index contributed by atoms with van der Waals surface area (Å²) in [6.07, 6.45) is 5.81. The summed E-state index contributed by atoms with van der Waals surface area (Å²) >= 11 is 0. The Morgan fingerprint density at radius 2 is 1.67 bits per heavy atom. The molecule has 2 nitrogen and oxygen atoms in total. The molecule has 1 fully saturated rings. The molecule has 2 aliphatic carbocycles. The number of aliphatic hydroxyl groups excluding tert-OH is 1. The van der Waals surface area contributed by atoms with Crippen molar-refractivity contribution in [2.75, 3.05) is 6.54 Å². The second-order valence-electron chi connectivity index (χ2n) is 7.49. The Labute approximate surface area is 129 Å². The van der Waals surface area contributed by atoms with Crippen LogP contribution < -0.4 is 5.32 Å². The van der Waals surface area contributed by atoms with E-state index < -0.39 is 0 Å². The molecule has 3 rings (SSSR count). The van der Waals surface area contributed by atoms with Gasteiger partial charge in [0.15, 0.2) is 0 Å². The molecular weight excluding hydrogens is 258 g/mol. The Morgan fingerprint density at radius 1 is 1.10 bits per heavy atom. The van der Waals surface area contributed by atoms with Gasteiger partial charge in [-0.25, -0.2) is 0 Å². The predicted molar refractivity (Wildman–Crippen MR) is 87.3 cm³/mol. The van der Waals surface area contributed by atoms with Gasteiger partial charge < -0.3 is 10.4 Å². The summed E-state index contributed by atoms with van der Waals surface area (Å²) in [5.41, 5.74) is 3.11. The summed E-state index contributed by atoms with van der Waals surface area (Å²) in [7, 11) is 0. The first-order valence-corrected chi connectivity index (χ1v) is 8.61. The maximum absolute atomic E-state index is 10.1. The van der Waals surface area contributed by atoms with Crippen molar-refractivity contribution in [2.45, 2.75) is 58.1 Å². The SMILES string of the molecule is CC(C)CC(O)CNC1C2CCC1Cc1ccccc1C2. The van der Waals surface area contributed by atoms with Crippen molar-refractivity contribution in [1.82, 2.24) is 5.32 Å². The number of fused-ring (bicyclic) bond motifs is 3. The van der Waals surface area contributed by atoms with Crippen molar-refractivity contribution in [1.29, 1.82) is 0 Å². The van der Waals surface area contributed by atoms with Crippen LogP contribution in [0.5, 0.6) is 0 Å². The number of aliphatic hydroxyl groups is 1. The molecule has 21 heavy (non-hydrogen) atoms. The molecule has 2 N–H and O–H groups in total. The van der Waals surface area contributed by atoms with Crippen LogP contribution >= 0.6 is 0 Å². The first kappa shape index (κ1) is 15.1. The van der Waals surface area contributed by atoms with E-state index in [9.17, 15) is 5.11 Å². The van der Waals surface area contributed by atoms with Crippen molar-refractivity contribution >= 4 is 0 Å². The van der Waals surface area contributed by atoms with Gasteiger partial charge in [0.25, 0.3) is 0 Å². The summed E-state index contributed by atoms with van der Waals surface area (Å²) in [5, 5.41) is 13.8. The molecular formula is C19H29NO. The van der Waals surface area contributed by atoms with Gasteiger partial charge in [0.05, 0.1) is 6.10 Å². The second kappa shape index (κ2) is 6.50. The van der Waals surface area contributed by atoms with Crippen LogP contribution in [0.25, 0.3) is 0 Å². The van der Waals surface area contributed by atoms with Crippen LogP contribution in [-0.4, -0.2) is 23.8 Å². The maximum Gasteiger partial charge on any atom is 0.0667 e. The summed E-state index contributed by atoms with van der Waals surface area (Å²) in [6, 6.07) is 9.56. The van der Waals surface area contributed by atoms with Crippen molar-refractivity contribution in [2.24, 2.45) is 17.8 Å². The predicted octanol–water partition coefficient (Wildman–Crippen LogP) is 3.18. The summed E-state index contributed by atoms with van der Waals surface area (Å²) in [4.78, 5) is 0. The minimum absolute atomic E-state index is 0.199. The Hall–Kier alpha value is -0.860. The first-order valence-electron chi connectivity index (χ1n) is 8.61. The van der Waals surface area contributed by atoms with E-state index in [0.29, 0.717) is 12.0 Å². The lowest BCUT2D eigenvalue weighted by atomic mass is 9.94. The van der Waals surface area contributed by atoms with E-state index in [1.165, 1.54) is 25.7 Å². The zero-order valence-corrected chi connectivity index (χ0v) is 13.4. The Balaban J connectivity index is 1.63. The Kier molecular flexibility index (Phi) is 4.66. The number of nitrogens with one attached hydrogen (secondary N) is 1. The molecule has 0 heterocycles. The van der Waals surface area contributed by atoms with E-state index in [4.69, 9.17) is 0 Å². The average Bonchev–Trinajstić information content (AvgIpc) is 2.70. The highest BCUT2D eigenvalue weighted by atomic mass is 16.3. The molecule has 0 saturated heterocycles. The van der Waals surface area contributed by atoms with E-state index in [-0.39, 0.29) is 6.10 Å². The highest BCUT2D eigenvalue weighted by Crippen LogP contribution is 2.39. The van der Waals surface area contributed by atoms with Gasteiger partial charge in [-0.1, -0.05) is 38.1 Å². The molecule has 1 saturated carbocycles. The van der Waals surface area contributed by atoms with Crippen LogP contribution in [0, 0.1) is 17.8 Å². The molecule has 2 heteroatoms. The topological polar surface area (TPSA) is 32.3 Å². The molecule has 0 spiro atoms. The van der Waals surface area contributed by atoms with Crippen LogP contribution in [0.3, 0.4) is 0 Å². The molecule has 0 radical (unpaired) electrons. The van der Waals surface area contributed by atoms with Crippen molar-refractivity contribution in [3.05, 3.63) is 35.4 Å². The standard InChI is InChI=1S/C19H29NO/c1-13(2)9-18(21)12-20-19-16-7-8-17(19)11-15-6-4-3-5-14(15)10-16/h3-6,13,16-21H,7-12H2,1-2H3. The summed E-state index contributed by atoms with van der Waals surface area (Å²) in [6.45, 7) is 5.11. The van der Waals surface area contributed by atoms with E-state index in [1.54, 1.807) is 11.1 Å². The van der Waals surface area contributed by atoms with E-state index in [1.807, 2.05) is 0 Å². The fourth-order valence-electron chi connectivity index (χ4n) is 4.38. The van der Waals surface area contributed by atoms with E-state index in [2.05, 4.69) is 43.4 Å². The molecule has 0 amide bonds. The third kappa shape index (κ3) is 3.49. The highest BCUT2D eigenvalue weighted by Gasteiger charge is 2.38. The van der Waals surface area contributed by atoms with Gasteiger partial charge in [-0.3, -0.25) is 0 Å². The lowest BCUT2D eigenvalue weighted by molar-refractivity contribution is 0.136. The van der Waals surface area contributed by atoms with Crippen LogP contribution in [0.1, 0.15) is 44.2 Å². The van der Waals surface area contributed by atoms with Gasteiger partial charge in [0, 0.05) is 12.6 Å². The number of hydrogen-bond acceptors (Lipinski definition) is 2. The number of benzene rings is 1. The molecule has 3 atom stereocenters. The van der Waals surface area contributed by atoms with Crippen LogP contribution in [0.15, 0.2) is 24.3 Å². The maximum atomic E-state index is 10.1. The fourth-order valence-corrected chi connectivity index (χ4v) is 4.38. The molecule has 2 aliphatic rings. The van der Waals surface area contributed by atoms with Crippen molar-refractivity contribution < 1.29 is 5.11 Å². The lowest BCUT2D eigenvalue weighted by Crippen LogP contribution is -2.42. The quantitative estimate of drug-likeness (QED) is 0.872. The normalized spacial score (nSPS) is 29.2. The van der Waals surface area contributed by atoms with Gasteiger partial charge in [-0.15, -0.1) is 0 Å². The zero-order valence-electron chi connectivity index (χ0n) is 13.4. The first-order chi connectivity index (χ1) is 10.1. The second-order valence-corrected chi connectivity index (χ2v) is 7.49. The molecule has 0 aliphatic heterocycles. The van der Waals surface area contributed by atoms with Crippen molar-refractivity contribution in [3.63, 3.8) is 0 Å². The molecule has 1 aromatic rings. The number of rotatable bonds is 5. The molecule has 3 unspecified atom stereocenters. The lowest BCUT2D eigenvalue weighted by Gasteiger charge is -2.25. The molecule has 1 aromatic carbocycles. The number of hydrogen-bond donors (Lipinski definition) is 2. The van der Waals surface area contributed by atoms with Gasteiger partial charge in [0.2, 0.25) is 0 Å². The Morgan fingerprint density at radius 3 is 2.19 bits per heavy atom. The summed E-state index contributed by atoms with van der Waals surface area (Å²) < 4.78 is 0. The minimum atomic E-state index is -0.199. The average molecular weight is 287 g/mol. The van der Waals surface area contributed by atoms with Gasteiger partial charge in [-0.2, -0.15) is 0 Å². The fraction of sp³-hybridized carbons (Fsp3) is 0.684. The monoisotopic (exact) mass is 287 g/mol. The third-order valence-corrected chi connectivity index (χ3v) is 5.34. The highest BCUT2D eigenvalue weighted by molar-refractivity contribution is 5.30. The molecule has 0 aromatic heterocycles. The summed E-state index contributed by atoms with van der Waals surface area (Å²) in [5.74, 6) is 2.08. The zero-order chi connectivity index (χ0) is 14.8. The Bertz CT molecular complexity index is 437. The van der Waals surface area contributed by atoms with E-state index >= 15 is 0 Å².